The highest BCUT2D eigenvalue weighted by atomic mass is 32.2. The SMILES string of the molecule is COc1ccc(S(=O)(=O)NCc2cccnc2-c2cnn(C)c2)cc1. The van der Waals surface area contributed by atoms with Gasteiger partial charge >= 0.3 is 0 Å². The third-order valence-electron chi connectivity index (χ3n) is 3.69. The maximum Gasteiger partial charge on any atom is 0.240 e. The predicted molar refractivity (Wildman–Crippen MR) is 93.5 cm³/mol. The number of aromatic nitrogens is 3. The summed E-state index contributed by atoms with van der Waals surface area (Å²) in [6.07, 6.45) is 5.21. The number of rotatable bonds is 6. The summed E-state index contributed by atoms with van der Waals surface area (Å²) >= 11 is 0. The second-order valence-electron chi connectivity index (χ2n) is 5.41. The van der Waals surface area contributed by atoms with Crippen LogP contribution < -0.4 is 9.46 Å². The van der Waals surface area contributed by atoms with Gasteiger partial charge in [-0.15, -0.1) is 0 Å². The van der Waals surface area contributed by atoms with Gasteiger partial charge < -0.3 is 4.74 Å². The third-order valence-corrected chi connectivity index (χ3v) is 5.11. The Bertz CT molecular complexity index is 966. The lowest BCUT2D eigenvalue weighted by atomic mass is 10.1. The number of hydrogen-bond acceptors (Lipinski definition) is 5. The first-order chi connectivity index (χ1) is 12.0. The zero-order chi connectivity index (χ0) is 17.9. The Morgan fingerprint density at radius 3 is 2.60 bits per heavy atom. The van der Waals surface area contributed by atoms with Gasteiger partial charge in [-0.2, -0.15) is 5.10 Å². The zero-order valence-corrected chi connectivity index (χ0v) is 14.7. The third kappa shape index (κ3) is 3.86. The number of ether oxygens (including phenoxy) is 1. The summed E-state index contributed by atoms with van der Waals surface area (Å²) in [6, 6.07) is 9.85. The highest BCUT2D eigenvalue weighted by Crippen LogP contribution is 2.21. The second kappa shape index (κ2) is 7.04. The van der Waals surface area contributed by atoms with Crippen LogP contribution in [-0.4, -0.2) is 30.3 Å². The van der Waals surface area contributed by atoms with Crippen molar-refractivity contribution in [2.24, 2.45) is 7.05 Å². The molecule has 1 N–H and O–H groups in total. The maximum atomic E-state index is 12.5. The van der Waals surface area contributed by atoms with Gasteiger partial charge in [-0.05, 0) is 35.9 Å². The fourth-order valence-electron chi connectivity index (χ4n) is 2.40. The van der Waals surface area contributed by atoms with Crippen molar-refractivity contribution < 1.29 is 13.2 Å². The zero-order valence-electron chi connectivity index (χ0n) is 13.9. The van der Waals surface area contributed by atoms with E-state index in [2.05, 4.69) is 14.8 Å². The van der Waals surface area contributed by atoms with E-state index in [0.29, 0.717) is 11.4 Å². The Kier molecular flexibility index (Phi) is 4.82. The number of nitrogens with zero attached hydrogens (tertiary/aromatic N) is 3. The maximum absolute atomic E-state index is 12.5. The molecule has 7 nitrogen and oxygen atoms in total. The molecule has 0 unspecified atom stereocenters. The van der Waals surface area contributed by atoms with Crippen molar-refractivity contribution in [1.29, 1.82) is 0 Å². The van der Waals surface area contributed by atoms with E-state index in [1.165, 1.54) is 19.2 Å². The molecular weight excluding hydrogens is 340 g/mol. The fraction of sp³-hybridized carbons (Fsp3) is 0.176. The molecule has 130 valence electrons. The number of sulfonamides is 1. The normalized spacial score (nSPS) is 11.4. The molecule has 1 aromatic carbocycles. The average Bonchev–Trinajstić information content (AvgIpc) is 3.06. The predicted octanol–water partition coefficient (Wildman–Crippen LogP) is 1.97. The summed E-state index contributed by atoms with van der Waals surface area (Å²) < 4.78 is 34.3. The van der Waals surface area contributed by atoms with E-state index in [1.807, 2.05) is 19.3 Å². The minimum absolute atomic E-state index is 0.131. The van der Waals surface area contributed by atoms with Gasteiger partial charge in [-0.25, -0.2) is 13.1 Å². The molecule has 0 saturated heterocycles. The van der Waals surface area contributed by atoms with Crippen LogP contribution >= 0.6 is 0 Å². The molecule has 0 spiro atoms. The van der Waals surface area contributed by atoms with E-state index < -0.39 is 10.0 Å². The number of hydrogen-bond donors (Lipinski definition) is 1. The van der Waals surface area contributed by atoms with E-state index in [0.717, 1.165) is 11.1 Å². The molecule has 0 radical (unpaired) electrons. The van der Waals surface area contributed by atoms with E-state index >= 15 is 0 Å². The van der Waals surface area contributed by atoms with E-state index in [4.69, 9.17) is 4.74 Å². The van der Waals surface area contributed by atoms with Gasteiger partial charge in [0.1, 0.15) is 5.75 Å². The Morgan fingerprint density at radius 2 is 1.96 bits per heavy atom. The Hall–Kier alpha value is -2.71. The van der Waals surface area contributed by atoms with E-state index in [1.54, 1.807) is 35.3 Å². The van der Waals surface area contributed by atoms with Crippen molar-refractivity contribution in [2.75, 3.05) is 7.11 Å². The second-order valence-corrected chi connectivity index (χ2v) is 7.18. The van der Waals surface area contributed by atoms with Crippen molar-refractivity contribution in [1.82, 2.24) is 19.5 Å². The summed E-state index contributed by atoms with van der Waals surface area (Å²) in [5.41, 5.74) is 2.31. The summed E-state index contributed by atoms with van der Waals surface area (Å²) in [4.78, 5) is 4.53. The Balaban J connectivity index is 1.81. The lowest BCUT2D eigenvalue weighted by Gasteiger charge is -2.10. The summed E-state index contributed by atoms with van der Waals surface area (Å²) in [7, 11) is -0.282. The van der Waals surface area contributed by atoms with Crippen molar-refractivity contribution >= 4 is 10.0 Å². The van der Waals surface area contributed by atoms with Gasteiger partial charge in [0.15, 0.2) is 0 Å². The molecule has 0 amide bonds. The van der Waals surface area contributed by atoms with Gasteiger partial charge in [-0.1, -0.05) is 6.07 Å². The van der Waals surface area contributed by atoms with Crippen LogP contribution in [0.4, 0.5) is 0 Å². The number of nitrogens with one attached hydrogen (secondary N) is 1. The molecule has 0 aliphatic heterocycles. The topological polar surface area (TPSA) is 86.1 Å². The van der Waals surface area contributed by atoms with E-state index in [-0.39, 0.29) is 11.4 Å². The van der Waals surface area contributed by atoms with Crippen LogP contribution in [0, 0.1) is 0 Å². The number of benzene rings is 1. The Morgan fingerprint density at radius 1 is 1.20 bits per heavy atom. The van der Waals surface area contributed by atoms with Crippen LogP contribution in [0.15, 0.2) is 59.9 Å². The van der Waals surface area contributed by atoms with Gasteiger partial charge in [0.05, 0.1) is 23.9 Å². The molecule has 3 aromatic rings. The molecule has 2 aromatic heterocycles. The monoisotopic (exact) mass is 358 g/mol. The van der Waals surface area contributed by atoms with Crippen LogP contribution in [0.3, 0.4) is 0 Å². The molecule has 0 atom stereocenters. The highest BCUT2D eigenvalue weighted by molar-refractivity contribution is 7.89. The first-order valence-electron chi connectivity index (χ1n) is 7.56. The van der Waals surface area contributed by atoms with E-state index in [9.17, 15) is 8.42 Å². The average molecular weight is 358 g/mol. The first kappa shape index (κ1) is 17.1. The minimum Gasteiger partial charge on any atom is -0.497 e. The van der Waals surface area contributed by atoms with Crippen LogP contribution in [0.25, 0.3) is 11.3 Å². The van der Waals surface area contributed by atoms with Gasteiger partial charge in [0.25, 0.3) is 0 Å². The van der Waals surface area contributed by atoms with Crippen molar-refractivity contribution in [2.45, 2.75) is 11.4 Å². The highest BCUT2D eigenvalue weighted by Gasteiger charge is 2.16. The largest absolute Gasteiger partial charge is 0.497 e. The smallest absolute Gasteiger partial charge is 0.240 e. The van der Waals surface area contributed by atoms with Crippen LogP contribution in [0.1, 0.15) is 5.56 Å². The molecular formula is C17H18N4O3S. The molecule has 0 saturated carbocycles. The molecule has 0 aliphatic rings. The molecule has 3 rings (SSSR count). The molecule has 2 heterocycles. The quantitative estimate of drug-likeness (QED) is 0.728. The lowest BCUT2D eigenvalue weighted by Crippen LogP contribution is -2.23. The minimum atomic E-state index is -3.63. The molecule has 0 bridgehead atoms. The van der Waals surface area contributed by atoms with Crippen LogP contribution in [0.2, 0.25) is 0 Å². The van der Waals surface area contributed by atoms with Gasteiger partial charge in [0, 0.05) is 31.5 Å². The van der Waals surface area contributed by atoms with Crippen molar-refractivity contribution in [3.8, 4) is 17.0 Å². The van der Waals surface area contributed by atoms with Crippen molar-refractivity contribution in [3.63, 3.8) is 0 Å². The molecule has 0 fully saturated rings. The van der Waals surface area contributed by atoms with Crippen molar-refractivity contribution in [3.05, 3.63) is 60.6 Å². The fourth-order valence-corrected chi connectivity index (χ4v) is 3.40. The first-order valence-corrected chi connectivity index (χ1v) is 9.04. The molecule has 25 heavy (non-hydrogen) atoms. The standard InChI is InChI=1S/C17H18N4O3S/c1-21-12-14(10-19-21)17-13(4-3-9-18-17)11-20-25(22,23)16-7-5-15(24-2)6-8-16/h3-10,12,20H,11H2,1-2H3. The summed E-state index contributed by atoms with van der Waals surface area (Å²) in [6.45, 7) is 0.131. The van der Waals surface area contributed by atoms with Crippen LogP contribution in [0.5, 0.6) is 5.75 Å². The number of aryl methyl sites for hydroxylation is 1. The molecule has 8 heteroatoms. The van der Waals surface area contributed by atoms with Gasteiger partial charge in [0.2, 0.25) is 10.0 Å². The molecule has 0 aliphatic carbocycles. The van der Waals surface area contributed by atoms with Crippen LogP contribution in [-0.2, 0) is 23.6 Å². The number of methoxy groups -OCH3 is 1. The summed E-state index contributed by atoms with van der Waals surface area (Å²) in [5, 5.41) is 4.13. The Labute approximate surface area is 146 Å². The summed E-state index contributed by atoms with van der Waals surface area (Å²) in [5.74, 6) is 0.602. The number of pyridine rings is 1. The van der Waals surface area contributed by atoms with Gasteiger partial charge in [-0.3, -0.25) is 9.67 Å². The lowest BCUT2D eigenvalue weighted by molar-refractivity contribution is 0.414.